The highest BCUT2D eigenvalue weighted by Gasteiger charge is 2.56. The summed E-state index contributed by atoms with van der Waals surface area (Å²) in [5, 5.41) is 0. The number of anilines is 2. The van der Waals surface area contributed by atoms with Crippen molar-refractivity contribution in [3.63, 3.8) is 0 Å². The van der Waals surface area contributed by atoms with Crippen molar-refractivity contribution >= 4 is 11.4 Å². The molecule has 0 aromatic carbocycles. The maximum atomic E-state index is 4.39. The standard InChI is InChI=1S/C17H27N3/c1-5-19-14-9-12-18-13-15(14)20(6-2)17(4)11-8-7-10-16(17,19)3/h9,12-13H,5-8,10-11H2,1-4H3/t16-,17+/m1/s1. The Morgan fingerprint density at radius 1 is 1.00 bits per heavy atom. The van der Waals surface area contributed by atoms with Crippen LogP contribution in [-0.4, -0.2) is 29.2 Å². The molecule has 0 saturated heterocycles. The number of rotatable bonds is 2. The Kier molecular flexibility index (Phi) is 3.19. The van der Waals surface area contributed by atoms with Gasteiger partial charge in [-0.25, -0.2) is 0 Å². The minimum absolute atomic E-state index is 0.214. The van der Waals surface area contributed by atoms with Crippen LogP contribution in [0.15, 0.2) is 18.5 Å². The first-order valence-electron chi connectivity index (χ1n) is 8.08. The third kappa shape index (κ3) is 1.55. The fourth-order valence-electron chi connectivity index (χ4n) is 4.71. The van der Waals surface area contributed by atoms with Gasteiger partial charge in [0.05, 0.1) is 28.6 Å². The third-order valence-electron chi connectivity index (χ3n) is 5.92. The molecule has 0 spiro atoms. The van der Waals surface area contributed by atoms with Gasteiger partial charge in [-0.1, -0.05) is 12.8 Å². The molecule has 20 heavy (non-hydrogen) atoms. The Balaban J connectivity index is 2.23. The van der Waals surface area contributed by atoms with E-state index in [9.17, 15) is 0 Å². The van der Waals surface area contributed by atoms with E-state index in [4.69, 9.17) is 0 Å². The number of aromatic nitrogens is 1. The van der Waals surface area contributed by atoms with E-state index in [0.29, 0.717) is 0 Å². The molecule has 1 saturated carbocycles. The molecule has 1 aromatic heterocycles. The van der Waals surface area contributed by atoms with E-state index >= 15 is 0 Å². The second-order valence-electron chi connectivity index (χ2n) is 6.61. The predicted molar refractivity (Wildman–Crippen MR) is 85.6 cm³/mol. The van der Waals surface area contributed by atoms with E-state index in [-0.39, 0.29) is 11.1 Å². The van der Waals surface area contributed by atoms with Crippen molar-refractivity contribution < 1.29 is 0 Å². The van der Waals surface area contributed by atoms with Crippen LogP contribution in [0.5, 0.6) is 0 Å². The second kappa shape index (κ2) is 4.64. The van der Waals surface area contributed by atoms with Crippen LogP contribution in [0.2, 0.25) is 0 Å². The topological polar surface area (TPSA) is 19.4 Å². The largest absolute Gasteiger partial charge is 0.362 e. The number of pyridine rings is 1. The lowest BCUT2D eigenvalue weighted by atomic mass is 9.65. The van der Waals surface area contributed by atoms with Crippen LogP contribution < -0.4 is 9.80 Å². The van der Waals surface area contributed by atoms with Gasteiger partial charge in [0, 0.05) is 19.3 Å². The van der Waals surface area contributed by atoms with Crippen molar-refractivity contribution in [3.8, 4) is 0 Å². The molecule has 3 rings (SSSR count). The van der Waals surface area contributed by atoms with Crippen molar-refractivity contribution in [1.29, 1.82) is 0 Å². The van der Waals surface area contributed by atoms with Crippen molar-refractivity contribution in [1.82, 2.24) is 4.98 Å². The van der Waals surface area contributed by atoms with Gasteiger partial charge in [0.2, 0.25) is 0 Å². The highest BCUT2D eigenvalue weighted by molar-refractivity contribution is 5.76. The van der Waals surface area contributed by atoms with Crippen molar-refractivity contribution in [2.75, 3.05) is 22.9 Å². The van der Waals surface area contributed by atoms with Gasteiger partial charge in [0.1, 0.15) is 0 Å². The van der Waals surface area contributed by atoms with Crippen molar-refractivity contribution in [2.45, 2.75) is 64.5 Å². The average Bonchev–Trinajstić information content (AvgIpc) is 2.45. The van der Waals surface area contributed by atoms with Gasteiger partial charge >= 0.3 is 0 Å². The quantitative estimate of drug-likeness (QED) is 0.816. The minimum Gasteiger partial charge on any atom is -0.362 e. The van der Waals surface area contributed by atoms with E-state index in [1.54, 1.807) is 0 Å². The molecule has 2 atom stereocenters. The maximum absolute atomic E-state index is 4.39. The number of nitrogens with zero attached hydrogens (tertiary/aromatic N) is 3. The van der Waals surface area contributed by atoms with E-state index in [2.05, 4.69) is 54.7 Å². The fourth-order valence-corrected chi connectivity index (χ4v) is 4.71. The van der Waals surface area contributed by atoms with Crippen LogP contribution in [0.4, 0.5) is 11.4 Å². The molecule has 0 radical (unpaired) electrons. The molecule has 2 aliphatic rings. The highest BCUT2D eigenvalue weighted by Crippen LogP contribution is 2.53. The summed E-state index contributed by atoms with van der Waals surface area (Å²) >= 11 is 0. The smallest absolute Gasteiger partial charge is 0.0795 e. The maximum Gasteiger partial charge on any atom is 0.0795 e. The molecule has 1 aliphatic carbocycles. The summed E-state index contributed by atoms with van der Waals surface area (Å²) in [5.74, 6) is 0. The predicted octanol–water partition coefficient (Wildman–Crippen LogP) is 3.84. The zero-order valence-corrected chi connectivity index (χ0v) is 13.3. The normalized spacial score (nSPS) is 32.8. The summed E-state index contributed by atoms with van der Waals surface area (Å²) in [6.07, 6.45) is 9.25. The van der Waals surface area contributed by atoms with Gasteiger partial charge in [0.15, 0.2) is 0 Å². The Labute approximate surface area is 123 Å². The summed E-state index contributed by atoms with van der Waals surface area (Å²) in [5.41, 5.74) is 3.13. The van der Waals surface area contributed by atoms with Crippen LogP contribution in [0, 0.1) is 0 Å². The van der Waals surface area contributed by atoms with E-state index in [1.165, 1.54) is 37.1 Å². The van der Waals surface area contributed by atoms with Crippen LogP contribution in [-0.2, 0) is 0 Å². The number of fused-ring (bicyclic) bond motifs is 2. The molecule has 3 heteroatoms. The Morgan fingerprint density at radius 3 is 2.10 bits per heavy atom. The van der Waals surface area contributed by atoms with Gasteiger partial charge in [-0.2, -0.15) is 0 Å². The van der Waals surface area contributed by atoms with Gasteiger partial charge in [-0.3, -0.25) is 4.98 Å². The first-order valence-corrected chi connectivity index (χ1v) is 8.08. The molecule has 1 aliphatic heterocycles. The fraction of sp³-hybridized carbons (Fsp3) is 0.706. The summed E-state index contributed by atoms with van der Waals surface area (Å²) in [6.45, 7) is 11.6. The summed E-state index contributed by atoms with van der Waals surface area (Å²) < 4.78 is 0. The Morgan fingerprint density at radius 2 is 1.55 bits per heavy atom. The molecule has 0 amide bonds. The summed E-state index contributed by atoms with van der Waals surface area (Å²) in [7, 11) is 0. The first kappa shape index (κ1) is 13.7. The van der Waals surface area contributed by atoms with Crippen LogP contribution in [0.1, 0.15) is 53.4 Å². The molecule has 1 fully saturated rings. The molecular weight excluding hydrogens is 246 g/mol. The van der Waals surface area contributed by atoms with Crippen LogP contribution in [0.3, 0.4) is 0 Å². The van der Waals surface area contributed by atoms with Gasteiger partial charge < -0.3 is 9.80 Å². The summed E-state index contributed by atoms with van der Waals surface area (Å²) in [4.78, 5) is 9.63. The second-order valence-corrected chi connectivity index (χ2v) is 6.61. The molecule has 0 unspecified atom stereocenters. The summed E-state index contributed by atoms with van der Waals surface area (Å²) in [6, 6.07) is 2.20. The molecule has 2 heterocycles. The number of likely N-dealkylation sites (N-methyl/N-ethyl adjacent to an activating group) is 2. The lowest BCUT2D eigenvalue weighted by molar-refractivity contribution is 0.151. The van der Waals surface area contributed by atoms with Crippen LogP contribution >= 0.6 is 0 Å². The van der Waals surface area contributed by atoms with Gasteiger partial charge in [-0.15, -0.1) is 0 Å². The molecule has 3 nitrogen and oxygen atoms in total. The molecule has 0 N–H and O–H groups in total. The molecule has 1 aromatic rings. The minimum atomic E-state index is 0.214. The molecule has 110 valence electrons. The number of hydrogen-bond donors (Lipinski definition) is 0. The highest BCUT2D eigenvalue weighted by atomic mass is 15.4. The first-order chi connectivity index (χ1) is 9.58. The zero-order valence-electron chi connectivity index (χ0n) is 13.3. The molecule has 0 bridgehead atoms. The van der Waals surface area contributed by atoms with Crippen molar-refractivity contribution in [2.24, 2.45) is 0 Å². The molecular formula is C17H27N3. The van der Waals surface area contributed by atoms with E-state index in [1.807, 2.05) is 6.20 Å². The lowest BCUT2D eigenvalue weighted by Gasteiger charge is -2.64. The monoisotopic (exact) mass is 273 g/mol. The SMILES string of the molecule is CCN1c2ccncc2N(CC)[C@@]2(C)CCCC[C@@]12C. The van der Waals surface area contributed by atoms with Gasteiger partial charge in [-0.05, 0) is 46.6 Å². The Hall–Kier alpha value is -1.25. The van der Waals surface area contributed by atoms with Gasteiger partial charge in [0.25, 0.3) is 0 Å². The lowest BCUT2D eigenvalue weighted by Crippen LogP contribution is -2.72. The van der Waals surface area contributed by atoms with Crippen molar-refractivity contribution in [3.05, 3.63) is 18.5 Å². The van der Waals surface area contributed by atoms with Crippen LogP contribution in [0.25, 0.3) is 0 Å². The Bertz CT molecular complexity index is 456. The third-order valence-corrected chi connectivity index (χ3v) is 5.92. The zero-order chi connectivity index (χ0) is 14.4. The number of hydrogen-bond acceptors (Lipinski definition) is 3. The van der Waals surface area contributed by atoms with E-state index in [0.717, 1.165) is 13.1 Å². The average molecular weight is 273 g/mol. The van der Waals surface area contributed by atoms with E-state index < -0.39 is 0 Å².